The second kappa shape index (κ2) is 14.8. The second-order valence-electron chi connectivity index (χ2n) is 10.2. The van der Waals surface area contributed by atoms with Crippen molar-refractivity contribution in [3.8, 4) is 0 Å². The molecule has 226 valence electrons. The Morgan fingerprint density at radius 1 is 1.07 bits per heavy atom. The van der Waals surface area contributed by atoms with Crippen molar-refractivity contribution in [2.45, 2.75) is 65.0 Å². The number of aliphatic hydroxyl groups is 2. The molecule has 0 radical (unpaired) electrons. The number of carbonyl (C=O) groups is 4. The van der Waals surface area contributed by atoms with Crippen molar-refractivity contribution in [2.75, 3.05) is 21.3 Å². The number of ether oxygens (including phenoxy) is 4. The summed E-state index contributed by atoms with van der Waals surface area (Å²) in [6.45, 7) is 6.76. The summed E-state index contributed by atoms with van der Waals surface area (Å²) in [6, 6.07) is 0. The van der Waals surface area contributed by atoms with Gasteiger partial charge in [-0.2, -0.15) is 0 Å². The first-order chi connectivity index (χ1) is 19.3. The van der Waals surface area contributed by atoms with Gasteiger partial charge in [-0.1, -0.05) is 38.2 Å². The quantitative estimate of drug-likeness (QED) is 0.220. The fourth-order valence-corrected chi connectivity index (χ4v) is 4.84. The fraction of sp³-hybridized carbons (Fsp3) is 0.517. The van der Waals surface area contributed by atoms with Crippen LogP contribution in [0.15, 0.2) is 58.2 Å². The van der Waals surface area contributed by atoms with Crippen molar-refractivity contribution in [1.29, 1.82) is 0 Å². The molecule has 2 amide bonds. The van der Waals surface area contributed by atoms with E-state index in [1.165, 1.54) is 46.5 Å². The molecule has 2 rings (SSSR count). The van der Waals surface area contributed by atoms with Gasteiger partial charge in [-0.05, 0) is 38.2 Å². The molecule has 0 unspecified atom stereocenters. The number of amides is 2. The Kier molecular flexibility index (Phi) is 12.1. The third-order valence-corrected chi connectivity index (χ3v) is 7.08. The van der Waals surface area contributed by atoms with Crippen molar-refractivity contribution >= 4 is 23.6 Å². The molecule has 0 aromatic rings. The number of primary amides is 1. The Morgan fingerprint density at radius 2 is 1.73 bits per heavy atom. The van der Waals surface area contributed by atoms with Crippen LogP contribution in [0.4, 0.5) is 4.79 Å². The number of fused-ring (bicyclic) bond motifs is 1. The molecule has 12 nitrogen and oxygen atoms in total. The Labute approximate surface area is 239 Å². The molecule has 5 N–H and O–H groups in total. The van der Waals surface area contributed by atoms with E-state index in [9.17, 15) is 29.4 Å². The number of ketones is 2. The van der Waals surface area contributed by atoms with Crippen LogP contribution >= 0.6 is 0 Å². The zero-order chi connectivity index (χ0) is 31.0. The number of nitrogens with one attached hydrogen (secondary N) is 1. The lowest BCUT2D eigenvalue weighted by molar-refractivity contribution is -0.135. The van der Waals surface area contributed by atoms with E-state index in [2.05, 4.69) is 5.32 Å². The number of nitrogens with two attached hydrogens (primary N) is 1. The Bertz CT molecular complexity index is 1200. The van der Waals surface area contributed by atoms with Gasteiger partial charge in [0.15, 0.2) is 11.9 Å². The van der Waals surface area contributed by atoms with Crippen LogP contribution in [0.2, 0.25) is 0 Å². The lowest BCUT2D eigenvalue weighted by Crippen LogP contribution is -2.38. The average Bonchev–Trinajstić information content (AvgIpc) is 2.92. The number of allylic oxidation sites excluding steroid dienone is 5. The number of rotatable bonds is 4. The Morgan fingerprint density at radius 3 is 2.29 bits per heavy atom. The number of aliphatic hydroxyl groups excluding tert-OH is 2. The van der Waals surface area contributed by atoms with Crippen molar-refractivity contribution in [1.82, 2.24) is 5.32 Å². The van der Waals surface area contributed by atoms with Gasteiger partial charge in [-0.25, -0.2) is 4.79 Å². The molecule has 0 aromatic heterocycles. The lowest BCUT2D eigenvalue weighted by Gasteiger charge is -2.30. The highest BCUT2D eigenvalue weighted by atomic mass is 16.6. The minimum Gasteiger partial charge on any atom is -0.505 e. The molecule has 41 heavy (non-hydrogen) atoms. The van der Waals surface area contributed by atoms with E-state index < -0.39 is 65.4 Å². The molecule has 1 aliphatic carbocycles. The minimum atomic E-state index is -1.12. The number of methoxy groups -OCH3 is 3. The summed E-state index contributed by atoms with van der Waals surface area (Å²) in [4.78, 5) is 50.2. The molecule has 0 saturated carbocycles. The number of hydrogen-bond acceptors (Lipinski definition) is 10. The maximum atomic E-state index is 12.9. The van der Waals surface area contributed by atoms with Gasteiger partial charge < -0.3 is 40.2 Å². The number of Topliss-reactive ketones (excluding diaryl/α,β-unsaturated/α-hetero) is 2. The highest BCUT2D eigenvalue weighted by molar-refractivity contribution is 6.50. The van der Waals surface area contributed by atoms with E-state index in [-0.39, 0.29) is 29.2 Å². The first-order valence-electron chi connectivity index (χ1n) is 13.1. The smallest absolute Gasteiger partial charge is 0.405 e. The van der Waals surface area contributed by atoms with Crippen LogP contribution in [-0.2, 0) is 33.3 Å². The standard InChI is InChI=1S/C29H40N2O10/c1-14-11-18-23(33)21(24(34)25(35)27(18)40-7)31-28(36)15(2)9-8-10-19(38-5)26(41-29(30)37)17(4)13-16(3)22(32)20(12-14)39-6/h8-10,13-14,16,19-20,22,26,32-33H,11-12H2,1-7H3,(H2,30,37)(H,31,36)/b10-8+,15-9+,17-13-/t14-,16+,19+,20-,22+,26+/m0/s1. The lowest BCUT2D eigenvalue weighted by atomic mass is 9.85. The molecule has 1 heterocycles. The van der Waals surface area contributed by atoms with Gasteiger partial charge in [0.2, 0.25) is 0 Å². The molecule has 0 saturated heterocycles. The largest absolute Gasteiger partial charge is 0.505 e. The van der Waals surface area contributed by atoms with Crippen LogP contribution < -0.4 is 11.1 Å². The third kappa shape index (κ3) is 8.15. The molecular formula is C29H40N2O10. The van der Waals surface area contributed by atoms with E-state index in [0.29, 0.717) is 12.0 Å². The highest BCUT2D eigenvalue weighted by Gasteiger charge is 2.38. The monoisotopic (exact) mass is 576 g/mol. The van der Waals surface area contributed by atoms with Crippen LogP contribution in [0.3, 0.4) is 0 Å². The maximum absolute atomic E-state index is 12.9. The molecule has 6 atom stereocenters. The SMILES string of the molecule is COC1=C2C[C@H](C)C[C@H](OC)[C@H](O)[C@H](C)/C=C(/C)[C@@H](OC(N)=O)[C@H](OC)/C=C/C=C(\C)C(=O)NC(=C2O)C(=O)C1=O. The van der Waals surface area contributed by atoms with Crippen LogP contribution in [0.5, 0.6) is 0 Å². The first kappa shape index (κ1) is 33.5. The van der Waals surface area contributed by atoms with Gasteiger partial charge in [0, 0.05) is 31.3 Å². The van der Waals surface area contributed by atoms with E-state index in [0.717, 1.165) is 0 Å². The molecule has 0 aromatic carbocycles. The van der Waals surface area contributed by atoms with Gasteiger partial charge in [-0.15, -0.1) is 0 Å². The van der Waals surface area contributed by atoms with E-state index in [1.807, 2.05) is 6.92 Å². The van der Waals surface area contributed by atoms with Crippen LogP contribution in [0, 0.1) is 11.8 Å². The maximum Gasteiger partial charge on any atom is 0.405 e. The summed E-state index contributed by atoms with van der Waals surface area (Å²) in [7, 11) is 4.07. The van der Waals surface area contributed by atoms with E-state index in [4.69, 9.17) is 24.7 Å². The van der Waals surface area contributed by atoms with Crippen LogP contribution in [0.25, 0.3) is 0 Å². The van der Waals surface area contributed by atoms with Crippen molar-refractivity contribution in [3.05, 3.63) is 58.2 Å². The summed E-state index contributed by atoms with van der Waals surface area (Å²) in [5.74, 6) is -4.51. The summed E-state index contributed by atoms with van der Waals surface area (Å²) in [5.41, 5.74) is 5.50. The minimum absolute atomic E-state index is 0.0573. The van der Waals surface area contributed by atoms with E-state index >= 15 is 0 Å². The molecule has 2 bridgehead atoms. The summed E-state index contributed by atoms with van der Waals surface area (Å²) in [5, 5.41) is 24.5. The fourth-order valence-electron chi connectivity index (χ4n) is 4.84. The number of carbonyl (C=O) groups excluding carboxylic acids is 4. The van der Waals surface area contributed by atoms with Gasteiger partial charge in [-0.3, -0.25) is 14.4 Å². The molecule has 0 fully saturated rings. The zero-order valence-corrected chi connectivity index (χ0v) is 24.4. The molecule has 12 heteroatoms. The highest BCUT2D eigenvalue weighted by Crippen LogP contribution is 2.32. The van der Waals surface area contributed by atoms with Gasteiger partial charge in [0.1, 0.15) is 17.6 Å². The first-order valence-corrected chi connectivity index (χ1v) is 13.1. The second-order valence-corrected chi connectivity index (χ2v) is 10.2. The van der Waals surface area contributed by atoms with Gasteiger partial charge in [0.25, 0.3) is 17.5 Å². The summed E-state index contributed by atoms with van der Waals surface area (Å²) in [6.07, 6.45) is 2.06. The molecule has 1 aliphatic heterocycles. The van der Waals surface area contributed by atoms with Crippen LogP contribution in [0.1, 0.15) is 40.5 Å². The topological polar surface area (TPSA) is 184 Å². The summed E-state index contributed by atoms with van der Waals surface area (Å²) < 4.78 is 21.6. The predicted molar refractivity (Wildman–Crippen MR) is 148 cm³/mol. The van der Waals surface area contributed by atoms with Crippen LogP contribution in [-0.4, -0.2) is 79.5 Å². The molecule has 2 aliphatic rings. The third-order valence-electron chi connectivity index (χ3n) is 7.08. The Hall–Kier alpha value is -3.74. The summed E-state index contributed by atoms with van der Waals surface area (Å²) >= 11 is 0. The zero-order valence-electron chi connectivity index (χ0n) is 24.4. The van der Waals surface area contributed by atoms with Gasteiger partial charge in [0.05, 0.1) is 19.3 Å². The van der Waals surface area contributed by atoms with Crippen molar-refractivity contribution in [3.63, 3.8) is 0 Å². The predicted octanol–water partition coefficient (Wildman–Crippen LogP) is 2.29. The van der Waals surface area contributed by atoms with Crippen molar-refractivity contribution < 1.29 is 48.3 Å². The van der Waals surface area contributed by atoms with Crippen molar-refractivity contribution in [2.24, 2.45) is 17.6 Å². The Balaban J connectivity index is 2.67. The van der Waals surface area contributed by atoms with E-state index in [1.54, 1.807) is 19.9 Å². The average molecular weight is 577 g/mol. The van der Waals surface area contributed by atoms with Gasteiger partial charge >= 0.3 is 6.09 Å². The molecule has 0 spiro atoms. The number of hydrogen-bond donors (Lipinski definition) is 4. The normalized spacial score (nSPS) is 32.4. The molecular weight excluding hydrogens is 536 g/mol.